The van der Waals surface area contributed by atoms with Crippen LogP contribution in [0.2, 0.25) is 5.02 Å². The Bertz CT molecular complexity index is 453. The lowest BCUT2D eigenvalue weighted by atomic mass is 9.97. The van der Waals surface area contributed by atoms with E-state index in [0.717, 1.165) is 32.5 Å². The van der Waals surface area contributed by atoms with E-state index in [1.165, 1.54) is 6.07 Å². The third-order valence-electron chi connectivity index (χ3n) is 3.71. The van der Waals surface area contributed by atoms with Gasteiger partial charge in [0.1, 0.15) is 5.75 Å². The minimum atomic E-state index is -2.82. The normalized spacial score (nSPS) is 16.7. The van der Waals surface area contributed by atoms with E-state index >= 15 is 0 Å². The molecule has 1 aromatic carbocycles. The number of hydrogen-bond acceptors (Lipinski definition) is 3. The maximum Gasteiger partial charge on any atom is 0.387 e. The lowest BCUT2D eigenvalue weighted by Crippen LogP contribution is -2.34. The second-order valence-electron chi connectivity index (χ2n) is 5.52. The van der Waals surface area contributed by atoms with Gasteiger partial charge in [0.15, 0.2) is 0 Å². The predicted molar refractivity (Wildman–Crippen MR) is 80.0 cm³/mol. The number of hydrogen-bond donors (Lipinski definition) is 1. The number of benzene rings is 1. The molecule has 1 aliphatic heterocycles. The first-order valence-electron chi connectivity index (χ1n) is 7.17. The Morgan fingerprint density at radius 2 is 2.10 bits per heavy atom. The molecule has 1 aliphatic rings. The zero-order valence-electron chi connectivity index (χ0n) is 12.1. The Morgan fingerprint density at radius 3 is 2.76 bits per heavy atom. The van der Waals surface area contributed by atoms with E-state index in [1.54, 1.807) is 12.1 Å². The van der Waals surface area contributed by atoms with Crippen molar-refractivity contribution in [2.24, 2.45) is 5.92 Å². The van der Waals surface area contributed by atoms with E-state index in [0.29, 0.717) is 23.0 Å². The number of piperidine rings is 1. The second kappa shape index (κ2) is 7.92. The second-order valence-corrected chi connectivity index (χ2v) is 5.96. The Hall–Kier alpha value is -0.910. The molecule has 3 nitrogen and oxygen atoms in total. The van der Waals surface area contributed by atoms with Crippen molar-refractivity contribution in [2.45, 2.75) is 26.0 Å². The molecule has 0 radical (unpaired) electrons. The van der Waals surface area contributed by atoms with Gasteiger partial charge in [-0.15, -0.1) is 0 Å². The number of rotatable bonds is 6. The highest BCUT2D eigenvalue weighted by Gasteiger charge is 2.17. The molecule has 118 valence electrons. The molecule has 1 saturated heterocycles. The monoisotopic (exact) mass is 318 g/mol. The number of nitrogens with zero attached hydrogens (tertiary/aromatic N) is 1. The Balaban J connectivity index is 1.98. The van der Waals surface area contributed by atoms with Crippen molar-refractivity contribution in [3.05, 3.63) is 28.8 Å². The molecule has 0 aromatic heterocycles. The highest BCUT2D eigenvalue weighted by Crippen LogP contribution is 2.26. The van der Waals surface area contributed by atoms with E-state index in [4.69, 9.17) is 11.6 Å². The molecule has 1 heterocycles. The van der Waals surface area contributed by atoms with Gasteiger partial charge < -0.3 is 15.0 Å². The van der Waals surface area contributed by atoms with Crippen molar-refractivity contribution in [1.82, 2.24) is 10.2 Å². The van der Waals surface area contributed by atoms with Crippen molar-refractivity contribution in [2.75, 3.05) is 26.7 Å². The van der Waals surface area contributed by atoms with Gasteiger partial charge in [0.25, 0.3) is 0 Å². The molecule has 0 amide bonds. The van der Waals surface area contributed by atoms with Gasteiger partial charge in [-0.3, -0.25) is 0 Å². The minimum absolute atomic E-state index is 0.201. The average Bonchev–Trinajstić information content (AvgIpc) is 2.42. The first-order valence-corrected chi connectivity index (χ1v) is 7.55. The molecule has 0 spiro atoms. The van der Waals surface area contributed by atoms with Crippen molar-refractivity contribution in [1.29, 1.82) is 0 Å². The summed E-state index contributed by atoms with van der Waals surface area (Å²) < 4.78 is 29.4. The van der Waals surface area contributed by atoms with E-state index < -0.39 is 6.61 Å². The van der Waals surface area contributed by atoms with Gasteiger partial charge in [-0.2, -0.15) is 8.78 Å². The van der Waals surface area contributed by atoms with Gasteiger partial charge in [-0.05, 0) is 57.1 Å². The fourth-order valence-electron chi connectivity index (χ4n) is 2.74. The first-order chi connectivity index (χ1) is 10.0. The lowest BCUT2D eigenvalue weighted by molar-refractivity contribution is -0.0507. The van der Waals surface area contributed by atoms with Gasteiger partial charge in [0, 0.05) is 23.7 Å². The Morgan fingerprint density at radius 1 is 1.38 bits per heavy atom. The molecule has 0 atom stereocenters. The summed E-state index contributed by atoms with van der Waals surface area (Å²) in [6.45, 7) is 0.777. The van der Waals surface area contributed by atoms with Crippen LogP contribution in [0.5, 0.6) is 5.75 Å². The summed E-state index contributed by atoms with van der Waals surface area (Å²) in [5.74, 6) is 0.849. The van der Waals surface area contributed by atoms with Crippen molar-refractivity contribution < 1.29 is 13.5 Å². The third-order valence-corrected chi connectivity index (χ3v) is 3.94. The smallest absolute Gasteiger partial charge is 0.387 e. The topological polar surface area (TPSA) is 24.5 Å². The Labute approximate surface area is 129 Å². The van der Waals surface area contributed by atoms with Crippen LogP contribution in [-0.4, -0.2) is 38.2 Å². The van der Waals surface area contributed by atoms with Crippen LogP contribution in [0, 0.1) is 5.92 Å². The van der Waals surface area contributed by atoms with E-state index in [1.807, 2.05) is 7.05 Å². The molecule has 21 heavy (non-hydrogen) atoms. The maximum atomic E-state index is 12.4. The van der Waals surface area contributed by atoms with Gasteiger partial charge in [-0.25, -0.2) is 0 Å². The Kier molecular flexibility index (Phi) is 6.21. The summed E-state index contributed by atoms with van der Waals surface area (Å²) in [6, 6.07) is 4.76. The standard InChI is InChI=1S/C15H21ClF2N2O/c1-20(9-11-4-6-19-7-5-11)10-12-8-13(16)2-3-14(12)21-15(17)18/h2-3,8,11,15,19H,4-7,9-10H2,1H3. The minimum Gasteiger partial charge on any atom is -0.434 e. The van der Waals surface area contributed by atoms with Crippen molar-refractivity contribution >= 4 is 11.6 Å². The van der Waals surface area contributed by atoms with Crippen LogP contribution in [0.1, 0.15) is 18.4 Å². The van der Waals surface area contributed by atoms with Crippen LogP contribution < -0.4 is 10.1 Å². The molecule has 0 aliphatic carbocycles. The van der Waals surface area contributed by atoms with E-state index in [-0.39, 0.29) is 5.75 Å². The van der Waals surface area contributed by atoms with E-state index in [2.05, 4.69) is 15.0 Å². The number of halogens is 3. The van der Waals surface area contributed by atoms with Gasteiger partial charge in [0.05, 0.1) is 0 Å². The van der Waals surface area contributed by atoms with Crippen LogP contribution in [0.25, 0.3) is 0 Å². The summed E-state index contributed by atoms with van der Waals surface area (Å²) >= 11 is 5.96. The number of ether oxygens (including phenoxy) is 1. The zero-order chi connectivity index (χ0) is 15.2. The van der Waals surface area contributed by atoms with Crippen molar-refractivity contribution in [3.8, 4) is 5.75 Å². The van der Waals surface area contributed by atoms with Crippen molar-refractivity contribution in [3.63, 3.8) is 0 Å². The molecule has 0 saturated carbocycles. The molecular formula is C15H21ClF2N2O. The van der Waals surface area contributed by atoms with Crippen LogP contribution in [0.3, 0.4) is 0 Å². The largest absolute Gasteiger partial charge is 0.434 e. The molecular weight excluding hydrogens is 298 g/mol. The molecule has 2 rings (SSSR count). The molecule has 1 aromatic rings. The molecule has 6 heteroatoms. The predicted octanol–water partition coefficient (Wildman–Crippen LogP) is 3.37. The van der Waals surface area contributed by atoms with Gasteiger partial charge >= 0.3 is 6.61 Å². The summed E-state index contributed by atoms with van der Waals surface area (Å²) in [6.07, 6.45) is 2.31. The van der Waals surface area contributed by atoms with Crippen LogP contribution in [0.15, 0.2) is 18.2 Å². The number of nitrogens with one attached hydrogen (secondary N) is 1. The molecule has 1 fully saturated rings. The first kappa shape index (κ1) is 16.5. The van der Waals surface area contributed by atoms with Gasteiger partial charge in [-0.1, -0.05) is 11.6 Å². The van der Waals surface area contributed by atoms with E-state index in [9.17, 15) is 8.78 Å². The summed E-state index contributed by atoms with van der Waals surface area (Å²) in [4.78, 5) is 2.14. The fourth-order valence-corrected chi connectivity index (χ4v) is 2.94. The zero-order valence-corrected chi connectivity index (χ0v) is 12.9. The third kappa shape index (κ3) is 5.41. The van der Waals surface area contributed by atoms with Crippen LogP contribution >= 0.6 is 11.6 Å². The summed E-state index contributed by atoms with van der Waals surface area (Å²) in [5.41, 5.74) is 0.694. The highest BCUT2D eigenvalue weighted by molar-refractivity contribution is 6.30. The quantitative estimate of drug-likeness (QED) is 0.870. The highest BCUT2D eigenvalue weighted by atomic mass is 35.5. The van der Waals surface area contributed by atoms with Crippen LogP contribution in [0.4, 0.5) is 8.78 Å². The molecule has 1 N–H and O–H groups in total. The fraction of sp³-hybridized carbons (Fsp3) is 0.600. The SMILES string of the molecule is CN(Cc1cc(Cl)ccc1OC(F)F)CC1CCNCC1. The lowest BCUT2D eigenvalue weighted by Gasteiger charge is -2.28. The molecule has 0 unspecified atom stereocenters. The number of alkyl halides is 2. The summed E-state index contributed by atoms with van der Waals surface area (Å²) in [7, 11) is 2.00. The maximum absolute atomic E-state index is 12.4. The summed E-state index contributed by atoms with van der Waals surface area (Å²) in [5, 5.41) is 3.87. The molecule has 0 bridgehead atoms. The average molecular weight is 319 g/mol. The van der Waals surface area contributed by atoms with Crippen LogP contribution in [-0.2, 0) is 6.54 Å². The van der Waals surface area contributed by atoms with Gasteiger partial charge in [0.2, 0.25) is 0 Å².